The first kappa shape index (κ1) is 25.4. The number of amides is 2. The molecule has 1 aromatic heterocycles. The van der Waals surface area contributed by atoms with E-state index in [0.717, 1.165) is 12.1 Å². The van der Waals surface area contributed by atoms with E-state index in [-0.39, 0.29) is 12.1 Å². The summed E-state index contributed by atoms with van der Waals surface area (Å²) in [6, 6.07) is 3.66. The van der Waals surface area contributed by atoms with Crippen molar-refractivity contribution in [2.75, 3.05) is 43.2 Å². The maximum atomic E-state index is 14.0. The van der Waals surface area contributed by atoms with E-state index >= 15 is 0 Å². The van der Waals surface area contributed by atoms with Gasteiger partial charge in [-0.1, -0.05) is 12.1 Å². The molecule has 0 bridgehead atoms. The van der Waals surface area contributed by atoms with E-state index in [0.29, 0.717) is 37.2 Å². The SMILES string of the molecule is CSCC[C@H](NS(=O)(=O)c1ccccc1F)C(=O)NNC(=O)c1csc(N2CCOCC2)n1. The van der Waals surface area contributed by atoms with Crippen LogP contribution in [0.3, 0.4) is 0 Å². The van der Waals surface area contributed by atoms with Crippen LogP contribution >= 0.6 is 23.1 Å². The van der Waals surface area contributed by atoms with Gasteiger partial charge >= 0.3 is 0 Å². The van der Waals surface area contributed by atoms with Crippen molar-refractivity contribution in [1.29, 1.82) is 0 Å². The molecule has 14 heteroatoms. The van der Waals surface area contributed by atoms with E-state index in [1.54, 1.807) is 11.6 Å². The molecule has 180 valence electrons. The Morgan fingerprint density at radius 2 is 2.00 bits per heavy atom. The van der Waals surface area contributed by atoms with Gasteiger partial charge in [0.15, 0.2) is 5.13 Å². The number of hydrazine groups is 1. The highest BCUT2D eigenvalue weighted by molar-refractivity contribution is 7.98. The maximum absolute atomic E-state index is 14.0. The van der Waals surface area contributed by atoms with Crippen molar-refractivity contribution in [1.82, 2.24) is 20.6 Å². The van der Waals surface area contributed by atoms with Crippen molar-refractivity contribution in [2.45, 2.75) is 17.4 Å². The average molecular weight is 518 g/mol. The van der Waals surface area contributed by atoms with Crippen molar-refractivity contribution < 1.29 is 27.1 Å². The second-order valence-corrected chi connectivity index (χ2v) is 10.4. The number of hydrogen-bond acceptors (Lipinski definition) is 9. The minimum atomic E-state index is -4.30. The highest BCUT2D eigenvalue weighted by atomic mass is 32.2. The van der Waals surface area contributed by atoms with Gasteiger partial charge in [-0.05, 0) is 30.6 Å². The Labute approximate surface area is 199 Å². The molecule has 0 spiro atoms. The number of sulfonamides is 1. The number of nitrogens with zero attached hydrogens (tertiary/aromatic N) is 2. The van der Waals surface area contributed by atoms with E-state index in [9.17, 15) is 22.4 Å². The molecule has 0 saturated carbocycles. The Morgan fingerprint density at radius 3 is 2.70 bits per heavy atom. The minimum Gasteiger partial charge on any atom is -0.378 e. The zero-order chi connectivity index (χ0) is 23.8. The normalized spacial score (nSPS) is 15.2. The molecule has 1 fully saturated rings. The summed E-state index contributed by atoms with van der Waals surface area (Å²) in [6.45, 7) is 2.50. The average Bonchev–Trinajstić information content (AvgIpc) is 3.31. The molecule has 3 rings (SSSR count). The lowest BCUT2D eigenvalue weighted by Crippen LogP contribution is -2.52. The molecule has 2 aromatic rings. The van der Waals surface area contributed by atoms with E-state index in [1.807, 2.05) is 4.90 Å². The third kappa shape index (κ3) is 6.86. The molecule has 2 heterocycles. The number of aromatic nitrogens is 1. The molecule has 1 atom stereocenters. The number of nitrogens with one attached hydrogen (secondary N) is 3. The lowest BCUT2D eigenvalue weighted by Gasteiger charge is -2.25. The quantitative estimate of drug-likeness (QED) is 0.420. The number of rotatable bonds is 9. The Kier molecular flexibility index (Phi) is 9.02. The Morgan fingerprint density at radius 1 is 1.27 bits per heavy atom. The summed E-state index contributed by atoms with van der Waals surface area (Å²) in [4.78, 5) is 30.8. The number of carbonyl (C=O) groups is 2. The van der Waals surface area contributed by atoms with E-state index in [2.05, 4.69) is 20.6 Å². The number of ether oxygens (including phenoxy) is 1. The highest BCUT2D eigenvalue weighted by Crippen LogP contribution is 2.21. The van der Waals surface area contributed by atoms with Gasteiger partial charge < -0.3 is 9.64 Å². The summed E-state index contributed by atoms with van der Waals surface area (Å²) < 4.78 is 46.7. The van der Waals surface area contributed by atoms with Crippen molar-refractivity contribution >= 4 is 50.1 Å². The molecular weight excluding hydrogens is 493 g/mol. The van der Waals surface area contributed by atoms with Crippen LogP contribution in [0.5, 0.6) is 0 Å². The fourth-order valence-electron chi connectivity index (χ4n) is 2.93. The number of carbonyl (C=O) groups excluding carboxylic acids is 2. The van der Waals surface area contributed by atoms with Gasteiger partial charge in [-0.3, -0.25) is 20.4 Å². The zero-order valence-corrected chi connectivity index (χ0v) is 20.2. The van der Waals surface area contributed by atoms with Crippen LogP contribution in [0.25, 0.3) is 0 Å². The number of morpholine rings is 1. The number of thiazole rings is 1. The molecule has 1 aliphatic rings. The van der Waals surface area contributed by atoms with Gasteiger partial charge in [-0.15, -0.1) is 11.3 Å². The fraction of sp³-hybridized carbons (Fsp3) is 0.421. The van der Waals surface area contributed by atoms with Gasteiger partial charge in [0.1, 0.15) is 22.4 Å². The molecule has 33 heavy (non-hydrogen) atoms. The number of anilines is 1. The zero-order valence-electron chi connectivity index (χ0n) is 17.7. The molecule has 0 unspecified atom stereocenters. The molecule has 1 saturated heterocycles. The smallest absolute Gasteiger partial charge is 0.289 e. The van der Waals surface area contributed by atoms with E-state index in [1.165, 1.54) is 35.2 Å². The van der Waals surface area contributed by atoms with Gasteiger partial charge in [0, 0.05) is 18.5 Å². The van der Waals surface area contributed by atoms with Crippen LogP contribution in [0.4, 0.5) is 9.52 Å². The first-order valence-electron chi connectivity index (χ1n) is 9.96. The van der Waals surface area contributed by atoms with Crippen molar-refractivity contribution in [3.63, 3.8) is 0 Å². The molecule has 3 N–H and O–H groups in total. The monoisotopic (exact) mass is 517 g/mol. The summed E-state index contributed by atoms with van der Waals surface area (Å²) in [5.74, 6) is -1.89. The van der Waals surface area contributed by atoms with Crippen LogP contribution in [0.15, 0.2) is 34.5 Å². The number of benzene rings is 1. The van der Waals surface area contributed by atoms with Gasteiger partial charge in [0.25, 0.3) is 11.8 Å². The third-order valence-electron chi connectivity index (χ3n) is 4.66. The van der Waals surface area contributed by atoms with E-state index in [4.69, 9.17) is 4.74 Å². The first-order chi connectivity index (χ1) is 15.8. The minimum absolute atomic E-state index is 0.120. The fourth-order valence-corrected chi connectivity index (χ4v) is 5.57. The summed E-state index contributed by atoms with van der Waals surface area (Å²) in [7, 11) is -4.30. The van der Waals surface area contributed by atoms with Gasteiger partial charge in [0.05, 0.1) is 13.2 Å². The van der Waals surface area contributed by atoms with Crippen LogP contribution in [0, 0.1) is 5.82 Å². The van der Waals surface area contributed by atoms with Crippen molar-refractivity contribution in [3.8, 4) is 0 Å². The molecule has 10 nitrogen and oxygen atoms in total. The summed E-state index contributed by atoms with van der Waals surface area (Å²) in [5.41, 5.74) is 4.61. The van der Waals surface area contributed by atoms with Gasteiger partial charge in [-0.25, -0.2) is 17.8 Å². The van der Waals surface area contributed by atoms with Crippen LogP contribution in [0.2, 0.25) is 0 Å². The summed E-state index contributed by atoms with van der Waals surface area (Å²) in [6.07, 6.45) is 1.94. The van der Waals surface area contributed by atoms with Crippen LogP contribution in [0.1, 0.15) is 16.9 Å². The second kappa shape index (κ2) is 11.7. The Hall–Kier alpha value is -2.26. The maximum Gasteiger partial charge on any atom is 0.289 e. The lowest BCUT2D eigenvalue weighted by molar-refractivity contribution is -0.123. The number of hydrogen-bond donors (Lipinski definition) is 3. The second-order valence-electron chi connectivity index (χ2n) is 6.94. The lowest BCUT2D eigenvalue weighted by atomic mass is 10.2. The molecule has 0 radical (unpaired) electrons. The summed E-state index contributed by atoms with van der Waals surface area (Å²) >= 11 is 2.71. The standard InChI is InChI=1S/C19H24FN5O5S3/c1-31-11-6-14(24-33(28,29)16-5-3-2-4-13(16)20)17(26)22-23-18(27)15-12-32-19(21-15)25-7-9-30-10-8-25/h2-5,12,14,24H,6-11H2,1H3,(H,22,26)(H,23,27)/t14-/m0/s1. The largest absolute Gasteiger partial charge is 0.378 e. The highest BCUT2D eigenvalue weighted by Gasteiger charge is 2.28. The van der Waals surface area contributed by atoms with Crippen molar-refractivity contribution in [3.05, 3.63) is 41.2 Å². The topological polar surface area (TPSA) is 130 Å². The predicted octanol–water partition coefficient (Wildman–Crippen LogP) is 0.980. The van der Waals surface area contributed by atoms with Crippen LogP contribution in [-0.4, -0.2) is 69.6 Å². The first-order valence-corrected chi connectivity index (χ1v) is 13.7. The Balaban J connectivity index is 1.62. The molecule has 0 aliphatic carbocycles. The Bertz CT molecular complexity index is 1080. The molecule has 1 aliphatic heterocycles. The predicted molar refractivity (Wildman–Crippen MR) is 124 cm³/mol. The molecular formula is C19H24FN5O5S3. The third-order valence-corrected chi connectivity index (χ3v) is 7.71. The molecule has 1 aromatic carbocycles. The van der Waals surface area contributed by atoms with Gasteiger partial charge in [-0.2, -0.15) is 16.5 Å². The number of thioether (sulfide) groups is 1. The van der Waals surface area contributed by atoms with E-state index < -0.39 is 38.6 Å². The number of halogens is 1. The molecule has 2 amide bonds. The van der Waals surface area contributed by atoms with Crippen LogP contribution in [-0.2, 0) is 19.6 Å². The van der Waals surface area contributed by atoms with Gasteiger partial charge in [0.2, 0.25) is 10.0 Å². The van der Waals surface area contributed by atoms with Crippen LogP contribution < -0.4 is 20.5 Å². The van der Waals surface area contributed by atoms with Crippen molar-refractivity contribution in [2.24, 2.45) is 0 Å². The summed E-state index contributed by atoms with van der Waals surface area (Å²) in [5, 5.41) is 2.24.